The van der Waals surface area contributed by atoms with Crippen molar-refractivity contribution in [3.63, 3.8) is 0 Å². The fourth-order valence-electron chi connectivity index (χ4n) is 2.79. The third-order valence-corrected chi connectivity index (χ3v) is 4.20. The smallest absolute Gasteiger partial charge is 0.328 e. The van der Waals surface area contributed by atoms with E-state index < -0.39 is 11.9 Å². The topological polar surface area (TPSA) is 84.2 Å². The molecule has 0 unspecified atom stereocenters. The largest absolute Gasteiger partial charge is 0.497 e. The van der Waals surface area contributed by atoms with E-state index in [1.54, 1.807) is 14.0 Å². The lowest BCUT2D eigenvalue weighted by molar-refractivity contribution is -0.143. The van der Waals surface area contributed by atoms with Crippen molar-refractivity contribution in [1.29, 1.82) is 5.26 Å². The minimum absolute atomic E-state index is 0.0441. The minimum Gasteiger partial charge on any atom is -0.497 e. The molecule has 1 aromatic rings. The number of benzene rings is 1. The maximum atomic E-state index is 11.7. The molecule has 2 atom stereocenters. The van der Waals surface area contributed by atoms with E-state index in [-0.39, 0.29) is 12.6 Å². The maximum Gasteiger partial charge on any atom is 0.328 e. The number of methoxy groups -OCH3 is 1. The number of carbonyl (C=O) groups excluding carboxylic acids is 1. The van der Waals surface area contributed by atoms with Crippen LogP contribution in [0.15, 0.2) is 29.3 Å². The predicted molar refractivity (Wildman–Crippen MR) is 97.2 cm³/mol. The van der Waals surface area contributed by atoms with Crippen LogP contribution in [0.3, 0.4) is 0 Å². The Balaban J connectivity index is 2.11. The SMILES string of the molecule is CCOC(=O)[C@@H](C#N)C=NC[C@@H](c1ccc(OC)cc1)N1CCOCC1. The lowest BCUT2D eigenvalue weighted by atomic mass is 10.0. The Morgan fingerprint density at radius 2 is 2.08 bits per heavy atom. The third kappa shape index (κ3) is 5.55. The molecule has 2 rings (SSSR count). The van der Waals surface area contributed by atoms with E-state index in [1.165, 1.54) is 6.21 Å². The number of hydrogen-bond acceptors (Lipinski definition) is 7. The molecular weight excluding hydrogens is 334 g/mol. The molecule has 0 aliphatic carbocycles. The van der Waals surface area contributed by atoms with Crippen LogP contribution in [0.25, 0.3) is 0 Å². The Kier molecular flexibility index (Phi) is 8.06. The molecule has 0 aromatic heterocycles. The summed E-state index contributed by atoms with van der Waals surface area (Å²) in [5, 5.41) is 9.13. The molecule has 0 spiro atoms. The van der Waals surface area contributed by atoms with Gasteiger partial charge in [0.05, 0.1) is 45.6 Å². The van der Waals surface area contributed by atoms with Crippen molar-refractivity contribution in [3.8, 4) is 11.8 Å². The fraction of sp³-hybridized carbons (Fsp3) is 0.526. The molecule has 0 saturated carbocycles. The van der Waals surface area contributed by atoms with Gasteiger partial charge < -0.3 is 14.2 Å². The number of aliphatic imine (C=N–C) groups is 1. The molecule has 26 heavy (non-hydrogen) atoms. The van der Waals surface area contributed by atoms with Gasteiger partial charge in [-0.05, 0) is 24.6 Å². The number of nitrogens with zero attached hydrogens (tertiary/aromatic N) is 3. The number of ether oxygens (including phenoxy) is 3. The van der Waals surface area contributed by atoms with Crippen molar-refractivity contribution in [2.24, 2.45) is 10.9 Å². The van der Waals surface area contributed by atoms with Crippen LogP contribution in [0.1, 0.15) is 18.5 Å². The average Bonchev–Trinajstić information content (AvgIpc) is 2.69. The molecule has 1 saturated heterocycles. The van der Waals surface area contributed by atoms with Gasteiger partial charge in [-0.2, -0.15) is 5.26 Å². The molecule has 0 bridgehead atoms. The first-order valence-electron chi connectivity index (χ1n) is 8.71. The number of esters is 1. The van der Waals surface area contributed by atoms with E-state index in [0.717, 1.165) is 24.4 Å². The monoisotopic (exact) mass is 359 g/mol. The third-order valence-electron chi connectivity index (χ3n) is 4.20. The molecule has 1 fully saturated rings. The van der Waals surface area contributed by atoms with Crippen LogP contribution in [0.5, 0.6) is 5.75 Å². The first-order valence-corrected chi connectivity index (χ1v) is 8.71. The second-order valence-corrected chi connectivity index (χ2v) is 5.81. The van der Waals surface area contributed by atoms with Gasteiger partial charge in [-0.3, -0.25) is 14.7 Å². The summed E-state index contributed by atoms with van der Waals surface area (Å²) in [4.78, 5) is 18.4. The molecule has 140 valence electrons. The first kappa shape index (κ1) is 19.9. The number of nitriles is 1. The standard InChI is InChI=1S/C19H25N3O4/c1-3-26-19(23)16(12-20)13-21-14-18(22-8-10-25-11-9-22)15-4-6-17(24-2)7-5-15/h4-7,13,16,18H,3,8-11,14H2,1-2H3/t16-,18-/m0/s1. The van der Waals surface area contributed by atoms with Crippen molar-refractivity contribution in [2.45, 2.75) is 13.0 Å². The van der Waals surface area contributed by atoms with Crippen LogP contribution in [0.2, 0.25) is 0 Å². The summed E-state index contributed by atoms with van der Waals surface area (Å²) in [6, 6.07) is 9.84. The molecule has 1 aliphatic rings. The summed E-state index contributed by atoms with van der Waals surface area (Å²) in [6.45, 7) is 5.39. The quantitative estimate of drug-likeness (QED) is 0.520. The molecule has 7 heteroatoms. The Labute approximate surface area is 154 Å². The van der Waals surface area contributed by atoms with E-state index in [1.807, 2.05) is 30.3 Å². The Morgan fingerprint density at radius 1 is 1.38 bits per heavy atom. The molecule has 0 amide bonds. The number of rotatable bonds is 8. The number of carbonyl (C=O) groups is 1. The van der Waals surface area contributed by atoms with Crippen molar-refractivity contribution < 1.29 is 19.0 Å². The van der Waals surface area contributed by atoms with Crippen LogP contribution < -0.4 is 4.74 Å². The molecule has 1 aliphatic heterocycles. The summed E-state index contributed by atoms with van der Waals surface area (Å²) in [5.41, 5.74) is 1.11. The van der Waals surface area contributed by atoms with Gasteiger partial charge in [0.1, 0.15) is 5.75 Å². The highest BCUT2D eigenvalue weighted by atomic mass is 16.5. The Hall–Kier alpha value is -2.43. The van der Waals surface area contributed by atoms with Gasteiger partial charge in [-0.15, -0.1) is 0 Å². The minimum atomic E-state index is -0.976. The van der Waals surface area contributed by atoms with Crippen LogP contribution >= 0.6 is 0 Å². The van der Waals surface area contributed by atoms with Gasteiger partial charge in [0.25, 0.3) is 0 Å². The summed E-state index contributed by atoms with van der Waals surface area (Å²) < 4.78 is 15.5. The normalized spacial score (nSPS) is 17.4. The highest BCUT2D eigenvalue weighted by molar-refractivity contribution is 5.92. The molecule has 1 heterocycles. The molecule has 0 N–H and O–H groups in total. The molecule has 7 nitrogen and oxygen atoms in total. The first-order chi connectivity index (χ1) is 12.7. The predicted octanol–water partition coefficient (Wildman–Crippen LogP) is 1.84. The van der Waals surface area contributed by atoms with Gasteiger partial charge in [-0.1, -0.05) is 12.1 Å². The van der Waals surface area contributed by atoms with Crippen LogP contribution in [-0.2, 0) is 14.3 Å². The maximum absolute atomic E-state index is 11.7. The van der Waals surface area contributed by atoms with Gasteiger partial charge >= 0.3 is 5.97 Å². The molecule has 1 aromatic carbocycles. The van der Waals surface area contributed by atoms with E-state index in [4.69, 9.17) is 19.5 Å². The highest BCUT2D eigenvalue weighted by Crippen LogP contribution is 2.24. The zero-order chi connectivity index (χ0) is 18.8. The summed E-state index contributed by atoms with van der Waals surface area (Å²) in [7, 11) is 1.64. The fourth-order valence-corrected chi connectivity index (χ4v) is 2.79. The van der Waals surface area contributed by atoms with Crippen LogP contribution in [0, 0.1) is 17.2 Å². The van der Waals surface area contributed by atoms with Gasteiger partial charge in [-0.25, -0.2) is 0 Å². The lowest BCUT2D eigenvalue weighted by Crippen LogP contribution is -2.40. The Morgan fingerprint density at radius 3 is 2.65 bits per heavy atom. The van der Waals surface area contributed by atoms with Gasteiger partial charge in [0.2, 0.25) is 0 Å². The highest BCUT2D eigenvalue weighted by Gasteiger charge is 2.23. The summed E-state index contributed by atoms with van der Waals surface area (Å²) in [6.07, 6.45) is 1.38. The van der Waals surface area contributed by atoms with Gasteiger partial charge in [0.15, 0.2) is 5.92 Å². The van der Waals surface area contributed by atoms with E-state index in [0.29, 0.717) is 19.8 Å². The average molecular weight is 359 g/mol. The number of morpholine rings is 1. The van der Waals surface area contributed by atoms with Crippen LogP contribution in [-0.4, -0.2) is 63.6 Å². The summed E-state index contributed by atoms with van der Waals surface area (Å²) in [5.74, 6) is -0.743. The lowest BCUT2D eigenvalue weighted by Gasteiger charge is -2.34. The van der Waals surface area contributed by atoms with E-state index in [9.17, 15) is 4.79 Å². The molecule has 0 radical (unpaired) electrons. The number of hydrogen-bond donors (Lipinski definition) is 0. The second kappa shape index (κ2) is 10.5. The zero-order valence-corrected chi connectivity index (χ0v) is 15.3. The zero-order valence-electron chi connectivity index (χ0n) is 15.3. The summed E-state index contributed by atoms with van der Waals surface area (Å²) >= 11 is 0. The van der Waals surface area contributed by atoms with Crippen molar-refractivity contribution in [3.05, 3.63) is 29.8 Å². The van der Waals surface area contributed by atoms with Crippen LogP contribution in [0.4, 0.5) is 0 Å². The van der Waals surface area contributed by atoms with E-state index in [2.05, 4.69) is 9.89 Å². The second-order valence-electron chi connectivity index (χ2n) is 5.81. The van der Waals surface area contributed by atoms with Crippen molar-refractivity contribution in [1.82, 2.24) is 4.90 Å². The Bertz CT molecular complexity index is 633. The molecular formula is C19H25N3O4. The van der Waals surface area contributed by atoms with Crippen molar-refractivity contribution in [2.75, 3.05) is 46.6 Å². The van der Waals surface area contributed by atoms with E-state index >= 15 is 0 Å². The van der Waals surface area contributed by atoms with Gasteiger partial charge in [0, 0.05) is 19.3 Å². The van der Waals surface area contributed by atoms with Crippen molar-refractivity contribution >= 4 is 12.2 Å².